The average Bonchev–Trinajstić information content (AvgIpc) is 2.82. The summed E-state index contributed by atoms with van der Waals surface area (Å²) in [7, 11) is 0. The van der Waals surface area contributed by atoms with Crippen LogP contribution < -0.4 is 5.32 Å². The van der Waals surface area contributed by atoms with Crippen LogP contribution in [0.25, 0.3) is 11.0 Å². The van der Waals surface area contributed by atoms with Crippen molar-refractivity contribution < 1.29 is 14.3 Å². The van der Waals surface area contributed by atoms with Crippen molar-refractivity contribution in [2.75, 3.05) is 13.2 Å². The molecule has 2 aromatic rings. The molecule has 0 unspecified atom stereocenters. The molecule has 0 aliphatic carbocycles. The quantitative estimate of drug-likeness (QED) is 0.619. The normalized spacial score (nSPS) is 12.5. The molecule has 0 saturated heterocycles. The van der Waals surface area contributed by atoms with Gasteiger partial charge >= 0.3 is 0 Å². The summed E-state index contributed by atoms with van der Waals surface area (Å²) >= 11 is 4.97. The van der Waals surface area contributed by atoms with Gasteiger partial charge in [-0.05, 0) is 36.7 Å². The fourth-order valence-electron chi connectivity index (χ4n) is 2.25. The Morgan fingerprint density at radius 2 is 2.24 bits per heavy atom. The van der Waals surface area contributed by atoms with Crippen LogP contribution in [0.1, 0.15) is 30.1 Å². The Balaban J connectivity index is 2.21. The van der Waals surface area contributed by atoms with Crippen LogP contribution in [0.4, 0.5) is 4.39 Å². The molecule has 0 radical (unpaired) electrons. The third-order valence-corrected chi connectivity index (χ3v) is 3.70. The Morgan fingerprint density at radius 1 is 1.48 bits per heavy atom. The minimum Gasteiger partial charge on any atom is -0.396 e. The van der Waals surface area contributed by atoms with Gasteiger partial charge in [-0.1, -0.05) is 13.3 Å². The van der Waals surface area contributed by atoms with Crippen molar-refractivity contribution in [1.29, 1.82) is 0 Å². The van der Waals surface area contributed by atoms with E-state index in [1.807, 2.05) is 6.92 Å². The number of fused-ring (bicyclic) bond motifs is 1. The molecule has 114 valence electrons. The molecular formula is C14H18FN3O2S. The third-order valence-electron chi connectivity index (χ3n) is 3.50. The molecule has 0 fully saturated rings. The molecule has 2 rings (SSSR count). The van der Waals surface area contributed by atoms with Crippen LogP contribution in [-0.2, 0) is 0 Å². The highest BCUT2D eigenvalue weighted by Gasteiger charge is 2.15. The molecule has 1 aromatic heterocycles. The van der Waals surface area contributed by atoms with Gasteiger partial charge in [0.25, 0.3) is 5.91 Å². The van der Waals surface area contributed by atoms with E-state index < -0.39 is 5.82 Å². The van der Waals surface area contributed by atoms with Gasteiger partial charge in [-0.15, -0.1) is 0 Å². The zero-order valence-corrected chi connectivity index (χ0v) is 12.5. The summed E-state index contributed by atoms with van der Waals surface area (Å²) in [4.78, 5) is 17.9. The lowest BCUT2D eigenvalue weighted by atomic mass is 10.0. The van der Waals surface area contributed by atoms with E-state index in [1.54, 1.807) is 0 Å². The number of halogens is 1. The topological polar surface area (TPSA) is 80.9 Å². The first-order chi connectivity index (χ1) is 10.0. The van der Waals surface area contributed by atoms with Gasteiger partial charge in [-0.3, -0.25) is 4.79 Å². The zero-order valence-electron chi connectivity index (χ0n) is 11.7. The Hall–Kier alpha value is -1.73. The van der Waals surface area contributed by atoms with Crippen LogP contribution in [0, 0.1) is 16.5 Å². The Kier molecular flexibility index (Phi) is 5.08. The van der Waals surface area contributed by atoms with E-state index in [0.29, 0.717) is 28.8 Å². The largest absolute Gasteiger partial charge is 0.396 e. The summed E-state index contributed by atoms with van der Waals surface area (Å²) in [6, 6.07) is 2.47. The number of hydrogen-bond acceptors (Lipinski definition) is 3. The molecule has 0 saturated carbocycles. The van der Waals surface area contributed by atoms with Crippen LogP contribution in [0.15, 0.2) is 12.1 Å². The molecule has 4 N–H and O–H groups in total. The average molecular weight is 311 g/mol. The smallest absolute Gasteiger partial charge is 0.253 e. The second-order valence-corrected chi connectivity index (χ2v) is 5.36. The molecule has 7 heteroatoms. The standard InChI is InChI=1S/C14H18FN3O2S/c1-2-8(3-4-19)7-16-13(20)10-5-9(15)6-11-12(10)18-14(21)17-11/h5-6,8,19H,2-4,7H2,1H3,(H,16,20)(H2,17,18,21)/t8-/m0/s1. The first kappa shape index (κ1) is 15.7. The molecule has 0 spiro atoms. The van der Waals surface area contributed by atoms with E-state index in [2.05, 4.69) is 15.3 Å². The second kappa shape index (κ2) is 6.82. The molecule has 0 aliphatic rings. The molecule has 0 aliphatic heterocycles. The molecule has 5 nitrogen and oxygen atoms in total. The molecule has 1 amide bonds. The number of aliphatic hydroxyl groups excluding tert-OH is 1. The van der Waals surface area contributed by atoms with Crippen LogP contribution >= 0.6 is 12.2 Å². The van der Waals surface area contributed by atoms with Crippen molar-refractivity contribution in [3.8, 4) is 0 Å². The summed E-state index contributed by atoms with van der Waals surface area (Å²) in [6.07, 6.45) is 1.48. The summed E-state index contributed by atoms with van der Waals surface area (Å²) in [5.74, 6) is -0.658. The maximum Gasteiger partial charge on any atom is 0.253 e. The number of amides is 1. The molecular weight excluding hydrogens is 293 g/mol. The fourth-order valence-corrected chi connectivity index (χ4v) is 2.46. The first-order valence-electron chi connectivity index (χ1n) is 6.85. The number of H-pyrrole nitrogens is 2. The SMILES string of the molecule is CC[C@@H](CCO)CNC(=O)c1cc(F)cc2[nH]c(=S)[nH]c12. The van der Waals surface area contributed by atoms with Gasteiger partial charge in [-0.25, -0.2) is 4.39 Å². The van der Waals surface area contributed by atoms with Gasteiger partial charge in [0, 0.05) is 13.2 Å². The number of nitrogens with one attached hydrogen (secondary N) is 3. The Labute approximate surface area is 126 Å². The lowest BCUT2D eigenvalue weighted by molar-refractivity contribution is 0.0944. The number of hydrogen-bond donors (Lipinski definition) is 4. The van der Waals surface area contributed by atoms with Crippen LogP contribution in [0.5, 0.6) is 0 Å². The maximum absolute atomic E-state index is 13.6. The Morgan fingerprint density at radius 3 is 2.90 bits per heavy atom. The van der Waals surface area contributed by atoms with Gasteiger partial charge in [0.05, 0.1) is 16.6 Å². The zero-order chi connectivity index (χ0) is 15.4. The highest BCUT2D eigenvalue weighted by molar-refractivity contribution is 7.71. The molecule has 0 bridgehead atoms. The first-order valence-corrected chi connectivity index (χ1v) is 7.26. The summed E-state index contributed by atoms with van der Waals surface area (Å²) in [5, 5.41) is 11.7. The van der Waals surface area contributed by atoms with E-state index in [4.69, 9.17) is 17.3 Å². The van der Waals surface area contributed by atoms with Crippen molar-refractivity contribution in [2.24, 2.45) is 5.92 Å². The number of aliphatic hydroxyl groups is 1. The van der Waals surface area contributed by atoms with Crippen molar-refractivity contribution in [3.05, 3.63) is 28.3 Å². The fraction of sp³-hybridized carbons (Fsp3) is 0.429. The number of carbonyl (C=O) groups excluding carboxylic acids is 1. The van der Waals surface area contributed by atoms with E-state index in [0.717, 1.165) is 6.42 Å². The van der Waals surface area contributed by atoms with Crippen molar-refractivity contribution in [1.82, 2.24) is 15.3 Å². The van der Waals surface area contributed by atoms with Gasteiger partial charge in [0.2, 0.25) is 0 Å². The van der Waals surface area contributed by atoms with Crippen molar-refractivity contribution in [3.63, 3.8) is 0 Å². The van der Waals surface area contributed by atoms with E-state index in [9.17, 15) is 9.18 Å². The van der Waals surface area contributed by atoms with Gasteiger partial charge < -0.3 is 20.4 Å². The summed E-state index contributed by atoms with van der Waals surface area (Å²) in [5.41, 5.74) is 1.18. The molecule has 21 heavy (non-hydrogen) atoms. The summed E-state index contributed by atoms with van der Waals surface area (Å²) in [6.45, 7) is 2.53. The highest BCUT2D eigenvalue weighted by atomic mass is 32.1. The number of benzene rings is 1. The third kappa shape index (κ3) is 3.68. The van der Waals surface area contributed by atoms with E-state index in [1.165, 1.54) is 12.1 Å². The second-order valence-electron chi connectivity index (χ2n) is 4.95. The predicted molar refractivity (Wildman–Crippen MR) is 81.3 cm³/mol. The maximum atomic E-state index is 13.6. The van der Waals surface area contributed by atoms with E-state index in [-0.39, 0.29) is 24.0 Å². The number of imidazole rings is 1. The molecule has 1 heterocycles. The predicted octanol–water partition coefficient (Wildman–Crippen LogP) is 2.50. The minimum absolute atomic E-state index is 0.0868. The van der Waals surface area contributed by atoms with Gasteiger partial charge in [-0.2, -0.15) is 0 Å². The van der Waals surface area contributed by atoms with Crippen LogP contribution in [0.3, 0.4) is 0 Å². The number of carbonyl (C=O) groups is 1. The number of aromatic amines is 2. The van der Waals surface area contributed by atoms with Crippen molar-refractivity contribution in [2.45, 2.75) is 19.8 Å². The Bertz CT molecular complexity index is 695. The minimum atomic E-state index is -0.500. The van der Waals surface area contributed by atoms with Crippen LogP contribution in [-0.4, -0.2) is 34.1 Å². The van der Waals surface area contributed by atoms with Crippen molar-refractivity contribution >= 4 is 29.2 Å². The van der Waals surface area contributed by atoms with Gasteiger partial charge in [0.15, 0.2) is 4.77 Å². The summed E-state index contributed by atoms with van der Waals surface area (Å²) < 4.78 is 13.9. The van der Waals surface area contributed by atoms with Crippen LogP contribution in [0.2, 0.25) is 0 Å². The number of rotatable bonds is 6. The van der Waals surface area contributed by atoms with E-state index >= 15 is 0 Å². The monoisotopic (exact) mass is 311 g/mol. The molecule has 1 aromatic carbocycles. The number of aromatic nitrogens is 2. The highest BCUT2D eigenvalue weighted by Crippen LogP contribution is 2.18. The van der Waals surface area contributed by atoms with Gasteiger partial charge in [0.1, 0.15) is 5.82 Å². The lowest BCUT2D eigenvalue weighted by Crippen LogP contribution is -2.29. The molecule has 1 atom stereocenters. The lowest BCUT2D eigenvalue weighted by Gasteiger charge is -2.14.